The predicted molar refractivity (Wildman–Crippen MR) is 102 cm³/mol. The van der Waals surface area contributed by atoms with Gasteiger partial charge in [-0.05, 0) is 6.42 Å². The molecular weight excluding hydrogens is 420 g/mol. The van der Waals surface area contributed by atoms with Crippen LogP contribution in [0, 0.1) is 0 Å². The molecule has 3 aliphatic rings. The van der Waals surface area contributed by atoms with Gasteiger partial charge in [-0.15, -0.1) is 0 Å². The third kappa shape index (κ3) is 4.87. The Hall–Kier alpha value is -0.560. The summed E-state index contributed by atoms with van der Waals surface area (Å²) in [5.74, 6) is 0. The lowest BCUT2D eigenvalue weighted by molar-refractivity contribution is -0.306. The molecule has 14 heteroatoms. The number of ether oxygens (including phenoxy) is 4. The van der Waals surface area contributed by atoms with E-state index in [0.29, 0.717) is 0 Å². The second-order valence-corrected chi connectivity index (χ2v) is 8.30. The van der Waals surface area contributed by atoms with Gasteiger partial charge in [0, 0.05) is 18.6 Å². The standard InChI is InChI=1S/C17H34N4O10/c18-2-6-10(24)12(26)8(21)16(28-6)30-14-5(20)1-4(19)9(23)15(14)31-17-13(27)11(25)7(3-22)29-17/h4-17,22-27H,1-3,18-21H2/t4-,5+,6-,7-,8-,9+,10-,11-,12-,13-,14?,15+,16-,17+/m1/s1. The number of nitrogens with two attached hydrogens (primary N) is 4. The fourth-order valence-electron chi connectivity index (χ4n) is 4.16. The molecule has 1 aliphatic carbocycles. The lowest BCUT2D eigenvalue weighted by atomic mass is 9.84. The molecule has 0 aromatic heterocycles. The van der Waals surface area contributed by atoms with Crippen molar-refractivity contribution in [2.75, 3.05) is 13.2 Å². The van der Waals surface area contributed by atoms with E-state index in [1.165, 1.54) is 0 Å². The maximum atomic E-state index is 10.6. The summed E-state index contributed by atoms with van der Waals surface area (Å²) in [6.45, 7) is -0.673. The maximum Gasteiger partial charge on any atom is 0.187 e. The van der Waals surface area contributed by atoms with E-state index in [9.17, 15) is 30.6 Å². The summed E-state index contributed by atoms with van der Waals surface area (Å²) in [7, 11) is 0. The van der Waals surface area contributed by atoms with Crippen LogP contribution in [0.2, 0.25) is 0 Å². The van der Waals surface area contributed by atoms with Gasteiger partial charge in [-0.1, -0.05) is 0 Å². The minimum Gasteiger partial charge on any atom is -0.394 e. The zero-order valence-corrected chi connectivity index (χ0v) is 16.8. The van der Waals surface area contributed by atoms with Gasteiger partial charge in [0.15, 0.2) is 12.6 Å². The van der Waals surface area contributed by atoms with Gasteiger partial charge in [-0.25, -0.2) is 0 Å². The molecule has 1 saturated carbocycles. The minimum absolute atomic E-state index is 0.114. The molecule has 2 aliphatic heterocycles. The number of hydrogen-bond donors (Lipinski definition) is 10. The average Bonchev–Trinajstić information content (AvgIpc) is 3.02. The molecule has 14 N–H and O–H groups in total. The zero-order chi connectivity index (χ0) is 23.0. The van der Waals surface area contributed by atoms with E-state index in [4.69, 9.17) is 41.9 Å². The summed E-state index contributed by atoms with van der Waals surface area (Å²) in [6, 6.07) is -2.72. The molecular formula is C17H34N4O10. The van der Waals surface area contributed by atoms with Gasteiger partial charge in [0.1, 0.15) is 48.8 Å². The monoisotopic (exact) mass is 454 g/mol. The second kappa shape index (κ2) is 10.1. The summed E-state index contributed by atoms with van der Waals surface area (Å²) >= 11 is 0. The smallest absolute Gasteiger partial charge is 0.187 e. The van der Waals surface area contributed by atoms with Crippen LogP contribution >= 0.6 is 0 Å². The molecule has 1 unspecified atom stereocenters. The Labute approximate surface area is 178 Å². The first-order valence-electron chi connectivity index (χ1n) is 10.2. The summed E-state index contributed by atoms with van der Waals surface area (Å²) in [5, 5.41) is 60.2. The van der Waals surface area contributed by atoms with Crippen molar-refractivity contribution in [3.05, 3.63) is 0 Å². The topological polar surface area (TPSA) is 262 Å². The Kier molecular flexibility index (Phi) is 8.21. The first-order valence-corrected chi connectivity index (χ1v) is 10.2. The van der Waals surface area contributed by atoms with E-state index in [-0.39, 0.29) is 13.0 Å². The Morgan fingerprint density at radius 1 is 0.710 bits per heavy atom. The Morgan fingerprint density at radius 2 is 1.29 bits per heavy atom. The van der Waals surface area contributed by atoms with Crippen LogP contribution in [0.1, 0.15) is 6.42 Å². The Morgan fingerprint density at radius 3 is 1.87 bits per heavy atom. The zero-order valence-electron chi connectivity index (χ0n) is 16.8. The summed E-state index contributed by atoms with van der Waals surface area (Å²) in [5.41, 5.74) is 23.6. The van der Waals surface area contributed by atoms with Crippen molar-refractivity contribution in [3.63, 3.8) is 0 Å². The summed E-state index contributed by atoms with van der Waals surface area (Å²) in [6.07, 6.45) is -13.8. The van der Waals surface area contributed by atoms with Gasteiger partial charge in [0.05, 0.1) is 18.8 Å². The molecule has 0 aromatic carbocycles. The summed E-state index contributed by atoms with van der Waals surface area (Å²) in [4.78, 5) is 0. The fourth-order valence-corrected chi connectivity index (χ4v) is 4.16. The third-order valence-electron chi connectivity index (χ3n) is 6.13. The van der Waals surface area contributed by atoms with Gasteiger partial charge >= 0.3 is 0 Å². The molecule has 2 saturated heterocycles. The van der Waals surface area contributed by atoms with Crippen molar-refractivity contribution in [3.8, 4) is 0 Å². The van der Waals surface area contributed by atoms with Crippen molar-refractivity contribution >= 4 is 0 Å². The predicted octanol–water partition coefficient (Wildman–Crippen LogP) is -6.65. The molecule has 3 fully saturated rings. The van der Waals surface area contributed by atoms with Crippen molar-refractivity contribution in [1.29, 1.82) is 0 Å². The SMILES string of the molecule is NC[C@H]1O[C@H](OC2[C@@H](O[C@@H]3O[C@H](CO)[C@@H](O)[C@H]3O)[C@@H](O)[C@H](N)C[C@@H]2N)[C@H](N)[C@@H](O)[C@@H]1O. The van der Waals surface area contributed by atoms with Gasteiger partial charge in [-0.2, -0.15) is 0 Å². The van der Waals surface area contributed by atoms with E-state index >= 15 is 0 Å². The molecule has 0 amide bonds. The lowest BCUT2D eigenvalue weighted by Gasteiger charge is -2.47. The molecule has 2 heterocycles. The highest BCUT2D eigenvalue weighted by Crippen LogP contribution is 2.31. The van der Waals surface area contributed by atoms with Crippen LogP contribution in [-0.2, 0) is 18.9 Å². The average molecular weight is 454 g/mol. The number of aliphatic hydroxyl groups is 6. The van der Waals surface area contributed by atoms with Crippen LogP contribution in [0.15, 0.2) is 0 Å². The molecule has 14 nitrogen and oxygen atoms in total. The van der Waals surface area contributed by atoms with Crippen LogP contribution < -0.4 is 22.9 Å². The fraction of sp³-hybridized carbons (Fsp3) is 1.00. The Balaban J connectivity index is 1.78. The number of rotatable bonds is 6. The van der Waals surface area contributed by atoms with E-state index in [1.54, 1.807) is 0 Å². The third-order valence-corrected chi connectivity index (χ3v) is 6.13. The molecule has 0 aromatic rings. The molecule has 182 valence electrons. The number of aliphatic hydroxyl groups excluding tert-OH is 6. The highest BCUT2D eigenvalue weighted by atomic mass is 16.7. The van der Waals surface area contributed by atoms with Crippen LogP contribution in [0.25, 0.3) is 0 Å². The van der Waals surface area contributed by atoms with Gasteiger partial charge in [0.25, 0.3) is 0 Å². The molecule has 14 atom stereocenters. The quantitative estimate of drug-likeness (QED) is 0.179. The van der Waals surface area contributed by atoms with E-state index in [2.05, 4.69) is 0 Å². The molecule has 3 rings (SSSR count). The number of hydrogen-bond acceptors (Lipinski definition) is 14. The van der Waals surface area contributed by atoms with Crippen LogP contribution in [-0.4, -0.2) is 129 Å². The molecule has 0 radical (unpaired) electrons. The van der Waals surface area contributed by atoms with Crippen LogP contribution in [0.5, 0.6) is 0 Å². The first-order chi connectivity index (χ1) is 14.6. The maximum absolute atomic E-state index is 10.6. The van der Waals surface area contributed by atoms with Crippen molar-refractivity contribution in [2.45, 2.75) is 92.1 Å². The van der Waals surface area contributed by atoms with Crippen molar-refractivity contribution in [1.82, 2.24) is 0 Å². The molecule has 0 spiro atoms. The minimum atomic E-state index is -1.51. The van der Waals surface area contributed by atoms with Crippen LogP contribution in [0.4, 0.5) is 0 Å². The van der Waals surface area contributed by atoms with Crippen molar-refractivity contribution in [2.24, 2.45) is 22.9 Å². The van der Waals surface area contributed by atoms with Crippen molar-refractivity contribution < 1.29 is 49.6 Å². The molecule has 31 heavy (non-hydrogen) atoms. The molecule has 0 bridgehead atoms. The van der Waals surface area contributed by atoms with Gasteiger partial charge in [0.2, 0.25) is 0 Å². The van der Waals surface area contributed by atoms with Crippen LogP contribution in [0.3, 0.4) is 0 Å². The van der Waals surface area contributed by atoms with E-state index < -0.39 is 92.2 Å². The van der Waals surface area contributed by atoms with E-state index in [0.717, 1.165) is 0 Å². The largest absolute Gasteiger partial charge is 0.394 e. The normalized spacial score (nSPS) is 53.6. The summed E-state index contributed by atoms with van der Waals surface area (Å²) < 4.78 is 22.5. The first kappa shape index (κ1) is 25.1. The highest BCUT2D eigenvalue weighted by Gasteiger charge is 2.52. The van der Waals surface area contributed by atoms with Gasteiger partial charge < -0.3 is 72.5 Å². The lowest BCUT2D eigenvalue weighted by Crippen LogP contribution is -2.68. The highest BCUT2D eigenvalue weighted by molar-refractivity contribution is 5.01. The second-order valence-electron chi connectivity index (χ2n) is 8.30. The Bertz CT molecular complexity index is 591. The van der Waals surface area contributed by atoms with Gasteiger partial charge in [-0.3, -0.25) is 0 Å². The van der Waals surface area contributed by atoms with E-state index in [1.807, 2.05) is 0 Å².